The third-order valence-electron chi connectivity index (χ3n) is 5.27. The Morgan fingerprint density at radius 2 is 2.28 bits per heavy atom. The lowest BCUT2D eigenvalue weighted by atomic mass is 9.74. The van der Waals surface area contributed by atoms with Crippen molar-refractivity contribution in [3.63, 3.8) is 0 Å². The highest BCUT2D eigenvalue weighted by atomic mass is 35.5. The molecule has 5 atom stereocenters. The number of carboxylic acid groups (broad SMARTS) is 1. The van der Waals surface area contributed by atoms with Crippen molar-refractivity contribution >= 4 is 29.2 Å². The molecule has 0 radical (unpaired) electrons. The average Bonchev–Trinajstić information content (AvgIpc) is 3.20. The van der Waals surface area contributed by atoms with Gasteiger partial charge in [0.05, 0.1) is 23.1 Å². The molecule has 0 saturated carbocycles. The monoisotopic (exact) mass is 362 g/mol. The molecule has 2 saturated heterocycles. The van der Waals surface area contributed by atoms with Gasteiger partial charge in [-0.1, -0.05) is 29.8 Å². The number of halogens is 2. The van der Waals surface area contributed by atoms with Crippen LogP contribution in [0.2, 0.25) is 5.02 Å². The number of benzene rings is 1. The van der Waals surface area contributed by atoms with Gasteiger partial charge in [0.2, 0.25) is 5.91 Å². The van der Waals surface area contributed by atoms with Gasteiger partial charge < -0.3 is 19.5 Å². The van der Waals surface area contributed by atoms with E-state index in [1.807, 2.05) is 0 Å². The standard InChI is InChI=1S/C18H15ClFNO4/c1-2-3-13-18-7-6-12(25-18)14(17(23)24)15(18)16(22)21(13)9-4-5-11(20)10(19)8-9/h2,4-8,12-15H,1,3H2,(H,23,24)/p-1/t12-,13-,14+,15-,18-/m1/s1. The van der Waals surface area contributed by atoms with Crippen molar-refractivity contribution in [1.82, 2.24) is 0 Å². The lowest BCUT2D eigenvalue weighted by Crippen LogP contribution is -2.46. The second-order valence-corrected chi connectivity index (χ2v) is 6.87. The zero-order valence-electron chi connectivity index (χ0n) is 13.0. The van der Waals surface area contributed by atoms with Gasteiger partial charge in [0, 0.05) is 17.6 Å². The number of ether oxygens (including phenoxy) is 1. The molecule has 3 aliphatic rings. The number of amides is 1. The first-order chi connectivity index (χ1) is 11.9. The minimum Gasteiger partial charge on any atom is -0.550 e. The van der Waals surface area contributed by atoms with E-state index < -0.39 is 47.3 Å². The van der Waals surface area contributed by atoms with E-state index in [9.17, 15) is 19.1 Å². The van der Waals surface area contributed by atoms with E-state index in [1.165, 1.54) is 23.1 Å². The molecule has 2 bridgehead atoms. The number of rotatable bonds is 4. The molecule has 130 valence electrons. The highest BCUT2D eigenvalue weighted by Crippen LogP contribution is 2.56. The topological polar surface area (TPSA) is 69.7 Å². The van der Waals surface area contributed by atoms with Gasteiger partial charge in [-0.25, -0.2) is 4.39 Å². The van der Waals surface area contributed by atoms with Crippen molar-refractivity contribution in [2.45, 2.75) is 24.2 Å². The van der Waals surface area contributed by atoms with Crippen molar-refractivity contribution in [1.29, 1.82) is 0 Å². The zero-order valence-corrected chi connectivity index (χ0v) is 13.8. The van der Waals surface area contributed by atoms with E-state index in [2.05, 4.69) is 6.58 Å². The van der Waals surface area contributed by atoms with Crippen LogP contribution in [0.1, 0.15) is 6.42 Å². The summed E-state index contributed by atoms with van der Waals surface area (Å²) in [6.07, 6.45) is 4.78. The van der Waals surface area contributed by atoms with Crippen LogP contribution in [0.15, 0.2) is 43.0 Å². The maximum Gasteiger partial charge on any atom is 0.234 e. The lowest BCUT2D eigenvalue weighted by molar-refractivity contribution is -0.313. The van der Waals surface area contributed by atoms with Gasteiger partial charge in [0.1, 0.15) is 11.4 Å². The smallest absolute Gasteiger partial charge is 0.234 e. The van der Waals surface area contributed by atoms with E-state index in [4.69, 9.17) is 16.3 Å². The summed E-state index contributed by atoms with van der Waals surface area (Å²) in [5, 5.41) is 11.5. The molecule has 5 nitrogen and oxygen atoms in total. The number of nitrogens with zero attached hydrogens (tertiary/aromatic N) is 1. The number of carboxylic acids is 1. The molecule has 4 rings (SSSR count). The third-order valence-corrected chi connectivity index (χ3v) is 5.55. The van der Waals surface area contributed by atoms with Gasteiger partial charge >= 0.3 is 0 Å². The molecule has 3 heterocycles. The van der Waals surface area contributed by atoms with Crippen LogP contribution in [0.4, 0.5) is 10.1 Å². The Hall–Kier alpha value is -2.18. The maximum atomic E-state index is 13.5. The summed E-state index contributed by atoms with van der Waals surface area (Å²) in [6.45, 7) is 3.72. The quantitative estimate of drug-likeness (QED) is 0.760. The predicted octanol–water partition coefficient (Wildman–Crippen LogP) is 1.46. The van der Waals surface area contributed by atoms with Crippen molar-refractivity contribution in [3.05, 3.63) is 53.8 Å². The Labute approximate surface area is 148 Å². The Kier molecular flexibility index (Phi) is 3.53. The predicted molar refractivity (Wildman–Crippen MR) is 86.2 cm³/mol. The maximum absolute atomic E-state index is 13.5. The fourth-order valence-electron chi connectivity index (χ4n) is 4.31. The van der Waals surface area contributed by atoms with Crippen LogP contribution in [0.3, 0.4) is 0 Å². The van der Waals surface area contributed by atoms with Crippen molar-refractivity contribution in [3.8, 4) is 0 Å². The SMILES string of the molecule is C=CC[C@H]1N(c2ccc(F)c(Cl)c2)C(=O)[C@H]2[C@@H](C(=O)[O-])[C@H]3C=C[C@]21O3. The summed E-state index contributed by atoms with van der Waals surface area (Å²) >= 11 is 5.86. The van der Waals surface area contributed by atoms with Gasteiger partial charge in [0.25, 0.3) is 0 Å². The van der Waals surface area contributed by atoms with E-state index in [0.717, 1.165) is 0 Å². The molecule has 7 heteroatoms. The van der Waals surface area contributed by atoms with Gasteiger partial charge in [-0.15, -0.1) is 6.58 Å². The summed E-state index contributed by atoms with van der Waals surface area (Å²) in [7, 11) is 0. The van der Waals surface area contributed by atoms with E-state index in [0.29, 0.717) is 12.1 Å². The second-order valence-electron chi connectivity index (χ2n) is 6.46. The van der Waals surface area contributed by atoms with Crippen LogP contribution in [0.5, 0.6) is 0 Å². The Balaban J connectivity index is 1.84. The Morgan fingerprint density at radius 1 is 1.52 bits per heavy atom. The largest absolute Gasteiger partial charge is 0.550 e. The molecule has 1 aromatic rings. The van der Waals surface area contributed by atoms with Crippen molar-refractivity contribution < 1.29 is 23.8 Å². The molecule has 1 spiro atoms. The van der Waals surface area contributed by atoms with Gasteiger partial charge in [-0.3, -0.25) is 4.79 Å². The Morgan fingerprint density at radius 3 is 2.92 bits per heavy atom. The van der Waals surface area contributed by atoms with Crippen LogP contribution >= 0.6 is 11.6 Å². The third kappa shape index (κ3) is 2.04. The molecular weight excluding hydrogens is 349 g/mol. The van der Waals surface area contributed by atoms with Crippen LogP contribution < -0.4 is 10.0 Å². The molecule has 0 N–H and O–H groups in total. The molecule has 25 heavy (non-hydrogen) atoms. The first kappa shape index (κ1) is 16.3. The van der Waals surface area contributed by atoms with Crippen molar-refractivity contribution in [2.24, 2.45) is 11.8 Å². The number of carbonyl (C=O) groups is 2. The Bertz CT molecular complexity index is 825. The molecule has 1 amide bonds. The number of hydrogen-bond donors (Lipinski definition) is 0. The summed E-state index contributed by atoms with van der Waals surface area (Å²) in [5.74, 6) is -4.24. The van der Waals surface area contributed by atoms with Crippen LogP contribution in [0, 0.1) is 17.7 Å². The number of anilines is 1. The molecule has 0 unspecified atom stereocenters. The number of aliphatic carboxylic acids is 1. The second kappa shape index (κ2) is 5.41. The highest BCUT2D eigenvalue weighted by molar-refractivity contribution is 6.31. The molecule has 2 fully saturated rings. The summed E-state index contributed by atoms with van der Waals surface area (Å²) in [4.78, 5) is 26.2. The molecule has 0 aliphatic carbocycles. The fraction of sp³-hybridized carbons (Fsp3) is 0.333. The molecule has 0 aromatic heterocycles. The van der Waals surface area contributed by atoms with Gasteiger partial charge in [0.15, 0.2) is 0 Å². The number of carbonyl (C=O) groups excluding carboxylic acids is 2. The van der Waals surface area contributed by atoms with Crippen molar-refractivity contribution in [2.75, 3.05) is 4.90 Å². The summed E-state index contributed by atoms with van der Waals surface area (Å²) in [5.41, 5.74) is -0.661. The number of fused-ring (bicyclic) bond motifs is 1. The zero-order chi connectivity index (χ0) is 17.9. The molecule has 3 aliphatic heterocycles. The van der Waals surface area contributed by atoms with Gasteiger partial charge in [-0.05, 0) is 24.6 Å². The van der Waals surface area contributed by atoms with Crippen LogP contribution in [-0.2, 0) is 14.3 Å². The van der Waals surface area contributed by atoms with E-state index in [-0.39, 0.29) is 5.02 Å². The summed E-state index contributed by atoms with van der Waals surface area (Å²) < 4.78 is 19.5. The molecular formula is C18H14ClFNO4-. The molecule has 1 aromatic carbocycles. The van der Waals surface area contributed by atoms with E-state index in [1.54, 1.807) is 18.2 Å². The first-order valence-corrected chi connectivity index (χ1v) is 8.25. The lowest BCUT2D eigenvalue weighted by Gasteiger charge is -2.32. The van der Waals surface area contributed by atoms with Gasteiger partial charge in [-0.2, -0.15) is 0 Å². The van der Waals surface area contributed by atoms with Crippen LogP contribution in [0.25, 0.3) is 0 Å². The first-order valence-electron chi connectivity index (χ1n) is 7.88. The fourth-order valence-corrected chi connectivity index (χ4v) is 4.48. The number of hydrogen-bond acceptors (Lipinski definition) is 4. The minimum absolute atomic E-state index is 0.116. The minimum atomic E-state index is -1.31. The van der Waals surface area contributed by atoms with Crippen LogP contribution in [-0.4, -0.2) is 29.6 Å². The summed E-state index contributed by atoms with van der Waals surface area (Å²) in [6, 6.07) is 3.48. The van der Waals surface area contributed by atoms with E-state index >= 15 is 0 Å². The highest BCUT2D eigenvalue weighted by Gasteiger charge is 2.69. The average molecular weight is 363 g/mol. The normalized spacial score (nSPS) is 35.3.